The number of pyridine rings is 1. The molecule has 0 atom stereocenters. The molecule has 0 bridgehead atoms. The molecule has 0 radical (unpaired) electrons. The fraction of sp³-hybridized carbons (Fsp3) is 0.357. The lowest BCUT2D eigenvalue weighted by molar-refractivity contribution is 0.355. The molecule has 1 N–H and O–H groups in total. The van der Waals surface area contributed by atoms with Crippen LogP contribution in [0.5, 0.6) is 11.5 Å². The third-order valence-corrected chi connectivity index (χ3v) is 3.47. The highest BCUT2D eigenvalue weighted by Crippen LogP contribution is 2.35. The van der Waals surface area contributed by atoms with Crippen molar-refractivity contribution in [2.45, 2.75) is 5.92 Å². The predicted octanol–water partition coefficient (Wildman–Crippen LogP) is 1.94. The number of rotatable bonds is 3. The van der Waals surface area contributed by atoms with Crippen LogP contribution in [-0.4, -0.2) is 32.3 Å². The Morgan fingerprint density at radius 3 is 2.50 bits per heavy atom. The quantitative estimate of drug-likeness (QED) is 0.896. The molecule has 0 saturated carbocycles. The maximum absolute atomic E-state index is 5.36. The standard InChI is InChI=1S/C14H16N2O2/c1-17-12-5-9-3-4-16-14(10-7-15-8-10)11(9)6-13(12)18-2/h3-6,10,15H,7-8H2,1-2H3. The minimum atomic E-state index is 0.506. The average molecular weight is 244 g/mol. The maximum atomic E-state index is 5.36. The highest BCUT2D eigenvalue weighted by atomic mass is 16.5. The van der Waals surface area contributed by atoms with Gasteiger partial charge in [-0.3, -0.25) is 4.98 Å². The molecular formula is C14H16N2O2. The SMILES string of the molecule is COc1cc2ccnc(C3CNC3)c2cc1OC. The van der Waals surface area contributed by atoms with E-state index < -0.39 is 0 Å². The van der Waals surface area contributed by atoms with E-state index in [1.165, 1.54) is 0 Å². The number of benzene rings is 1. The van der Waals surface area contributed by atoms with Gasteiger partial charge in [-0.05, 0) is 23.6 Å². The third-order valence-electron chi connectivity index (χ3n) is 3.47. The Morgan fingerprint density at radius 1 is 1.17 bits per heavy atom. The van der Waals surface area contributed by atoms with E-state index in [0.717, 1.165) is 41.1 Å². The fourth-order valence-corrected chi connectivity index (χ4v) is 2.33. The Balaban J connectivity index is 2.20. The van der Waals surface area contributed by atoms with Crippen molar-refractivity contribution in [1.82, 2.24) is 10.3 Å². The molecule has 1 saturated heterocycles. The predicted molar refractivity (Wildman–Crippen MR) is 70.5 cm³/mol. The number of fused-ring (bicyclic) bond motifs is 1. The van der Waals surface area contributed by atoms with E-state index in [2.05, 4.69) is 10.3 Å². The van der Waals surface area contributed by atoms with Crippen molar-refractivity contribution in [1.29, 1.82) is 0 Å². The van der Waals surface area contributed by atoms with Crippen molar-refractivity contribution in [2.75, 3.05) is 27.3 Å². The van der Waals surface area contributed by atoms with E-state index in [4.69, 9.17) is 9.47 Å². The summed E-state index contributed by atoms with van der Waals surface area (Å²) < 4.78 is 10.7. The highest BCUT2D eigenvalue weighted by molar-refractivity contribution is 5.88. The lowest BCUT2D eigenvalue weighted by Crippen LogP contribution is -2.40. The van der Waals surface area contributed by atoms with Crippen molar-refractivity contribution in [3.05, 3.63) is 30.1 Å². The van der Waals surface area contributed by atoms with Crippen molar-refractivity contribution < 1.29 is 9.47 Å². The maximum Gasteiger partial charge on any atom is 0.161 e. The first-order chi connectivity index (χ1) is 8.83. The number of nitrogens with zero attached hydrogens (tertiary/aromatic N) is 1. The van der Waals surface area contributed by atoms with Crippen LogP contribution in [-0.2, 0) is 0 Å². The van der Waals surface area contributed by atoms with Gasteiger partial charge in [0.15, 0.2) is 11.5 Å². The number of aromatic nitrogens is 1. The van der Waals surface area contributed by atoms with Crippen molar-refractivity contribution >= 4 is 10.8 Å². The molecule has 1 aliphatic heterocycles. The van der Waals surface area contributed by atoms with Crippen molar-refractivity contribution in [3.8, 4) is 11.5 Å². The third kappa shape index (κ3) is 1.69. The van der Waals surface area contributed by atoms with Crippen LogP contribution in [0.1, 0.15) is 11.6 Å². The van der Waals surface area contributed by atoms with Crippen LogP contribution in [0.4, 0.5) is 0 Å². The zero-order valence-electron chi connectivity index (χ0n) is 10.6. The highest BCUT2D eigenvalue weighted by Gasteiger charge is 2.22. The number of hydrogen-bond donors (Lipinski definition) is 1. The van der Waals surface area contributed by atoms with Crippen LogP contribution in [0.15, 0.2) is 24.4 Å². The van der Waals surface area contributed by atoms with E-state index in [-0.39, 0.29) is 0 Å². The summed E-state index contributed by atoms with van der Waals surface area (Å²) in [4.78, 5) is 4.52. The average Bonchev–Trinajstić information content (AvgIpc) is 2.35. The monoisotopic (exact) mass is 244 g/mol. The van der Waals surface area contributed by atoms with Gasteiger partial charge in [0.25, 0.3) is 0 Å². The molecule has 4 nitrogen and oxygen atoms in total. The number of nitrogens with one attached hydrogen (secondary N) is 1. The van der Waals surface area contributed by atoms with E-state index >= 15 is 0 Å². The summed E-state index contributed by atoms with van der Waals surface area (Å²) in [7, 11) is 3.31. The fourth-order valence-electron chi connectivity index (χ4n) is 2.33. The first-order valence-corrected chi connectivity index (χ1v) is 6.05. The summed E-state index contributed by atoms with van der Waals surface area (Å²) in [6.07, 6.45) is 1.86. The van der Waals surface area contributed by atoms with Crippen LogP contribution in [0.25, 0.3) is 10.8 Å². The van der Waals surface area contributed by atoms with Gasteiger partial charge in [-0.25, -0.2) is 0 Å². The molecule has 0 unspecified atom stereocenters. The molecule has 1 aliphatic rings. The van der Waals surface area contributed by atoms with Gasteiger partial charge in [0.1, 0.15) is 0 Å². The Morgan fingerprint density at radius 2 is 1.89 bits per heavy atom. The summed E-state index contributed by atoms with van der Waals surface area (Å²) in [6, 6.07) is 6.03. The Hall–Kier alpha value is -1.81. The number of ether oxygens (including phenoxy) is 2. The largest absolute Gasteiger partial charge is 0.493 e. The summed E-state index contributed by atoms with van der Waals surface area (Å²) in [5, 5.41) is 5.58. The van der Waals surface area contributed by atoms with Gasteiger partial charge in [-0.2, -0.15) is 0 Å². The molecule has 0 spiro atoms. The summed E-state index contributed by atoms with van der Waals surface area (Å²) >= 11 is 0. The molecule has 1 fully saturated rings. The van der Waals surface area contributed by atoms with Crippen LogP contribution in [0.2, 0.25) is 0 Å². The lowest BCUT2D eigenvalue weighted by Gasteiger charge is -2.27. The van der Waals surface area contributed by atoms with Crippen LogP contribution >= 0.6 is 0 Å². The van der Waals surface area contributed by atoms with Gasteiger partial charge in [0.05, 0.1) is 19.9 Å². The summed E-state index contributed by atoms with van der Waals surface area (Å²) in [5.74, 6) is 2.02. The van der Waals surface area contributed by atoms with Crippen LogP contribution in [0.3, 0.4) is 0 Å². The molecule has 2 aromatic rings. The number of hydrogen-bond acceptors (Lipinski definition) is 4. The topological polar surface area (TPSA) is 43.4 Å². The van der Waals surface area contributed by atoms with Gasteiger partial charge >= 0.3 is 0 Å². The molecular weight excluding hydrogens is 228 g/mol. The van der Waals surface area contributed by atoms with E-state index in [0.29, 0.717) is 5.92 Å². The molecule has 0 aliphatic carbocycles. The van der Waals surface area contributed by atoms with Gasteiger partial charge in [-0.15, -0.1) is 0 Å². The first-order valence-electron chi connectivity index (χ1n) is 6.05. The molecule has 3 rings (SSSR count). The molecule has 94 valence electrons. The molecule has 1 aromatic heterocycles. The zero-order chi connectivity index (χ0) is 12.5. The minimum absolute atomic E-state index is 0.506. The minimum Gasteiger partial charge on any atom is -0.493 e. The van der Waals surface area contributed by atoms with Gasteiger partial charge in [0, 0.05) is 30.6 Å². The lowest BCUT2D eigenvalue weighted by atomic mass is 9.94. The summed E-state index contributed by atoms with van der Waals surface area (Å²) in [5.41, 5.74) is 1.15. The van der Waals surface area contributed by atoms with E-state index in [1.807, 2.05) is 24.4 Å². The second-order valence-corrected chi connectivity index (χ2v) is 4.48. The van der Waals surface area contributed by atoms with Gasteiger partial charge in [0.2, 0.25) is 0 Å². The zero-order valence-corrected chi connectivity index (χ0v) is 10.6. The van der Waals surface area contributed by atoms with Gasteiger partial charge < -0.3 is 14.8 Å². The normalized spacial score (nSPS) is 15.4. The Bertz CT molecular complexity index is 579. The second kappa shape index (κ2) is 4.46. The molecule has 18 heavy (non-hydrogen) atoms. The van der Waals surface area contributed by atoms with Gasteiger partial charge in [-0.1, -0.05) is 0 Å². The van der Waals surface area contributed by atoms with Crippen LogP contribution in [0, 0.1) is 0 Å². The van der Waals surface area contributed by atoms with Crippen molar-refractivity contribution in [3.63, 3.8) is 0 Å². The second-order valence-electron chi connectivity index (χ2n) is 4.48. The molecule has 0 amide bonds. The smallest absolute Gasteiger partial charge is 0.161 e. The van der Waals surface area contributed by atoms with Crippen molar-refractivity contribution in [2.24, 2.45) is 0 Å². The Labute approximate surface area is 106 Å². The summed E-state index contributed by atoms with van der Waals surface area (Å²) in [6.45, 7) is 2.00. The first kappa shape index (κ1) is 11.3. The van der Waals surface area contributed by atoms with E-state index in [9.17, 15) is 0 Å². The Kier molecular flexibility index (Phi) is 2.80. The van der Waals surface area contributed by atoms with Crippen LogP contribution < -0.4 is 14.8 Å². The molecule has 1 aromatic carbocycles. The number of methoxy groups -OCH3 is 2. The molecule has 4 heteroatoms. The molecule has 2 heterocycles. The van der Waals surface area contributed by atoms with E-state index in [1.54, 1.807) is 14.2 Å².